The zero-order valence-corrected chi connectivity index (χ0v) is 17.4. The van der Waals surface area contributed by atoms with Crippen LogP contribution in [0.1, 0.15) is 15.9 Å². The molecule has 2 aromatic carbocycles. The van der Waals surface area contributed by atoms with Gasteiger partial charge in [-0.2, -0.15) is 0 Å². The van der Waals surface area contributed by atoms with Crippen LogP contribution in [0, 0.1) is 0 Å². The van der Waals surface area contributed by atoms with Gasteiger partial charge < -0.3 is 0 Å². The van der Waals surface area contributed by atoms with E-state index in [1.54, 1.807) is 30.3 Å². The molecule has 0 unspecified atom stereocenters. The Morgan fingerprint density at radius 2 is 1.86 bits per heavy atom. The highest BCUT2D eigenvalue weighted by atomic mass is 35.5. The van der Waals surface area contributed by atoms with Crippen molar-refractivity contribution < 1.29 is 13.2 Å². The molecule has 0 aliphatic carbocycles. The lowest BCUT2D eigenvalue weighted by atomic mass is 10.1. The van der Waals surface area contributed by atoms with Crippen LogP contribution >= 0.6 is 22.9 Å². The third-order valence-corrected chi connectivity index (χ3v) is 5.68. The van der Waals surface area contributed by atoms with E-state index in [0.29, 0.717) is 34.4 Å². The predicted octanol–water partition coefficient (Wildman–Crippen LogP) is 3.81. The van der Waals surface area contributed by atoms with Crippen molar-refractivity contribution in [1.82, 2.24) is 9.71 Å². The van der Waals surface area contributed by atoms with Gasteiger partial charge in [0, 0.05) is 28.1 Å². The van der Waals surface area contributed by atoms with Crippen molar-refractivity contribution in [3.8, 4) is 11.3 Å². The molecule has 9 heteroatoms. The van der Waals surface area contributed by atoms with Crippen molar-refractivity contribution in [1.29, 1.82) is 0 Å². The Balaban J connectivity index is 1.61. The molecule has 28 heavy (non-hydrogen) atoms. The summed E-state index contributed by atoms with van der Waals surface area (Å²) in [5, 5.41) is 5.72. The number of benzene rings is 2. The van der Waals surface area contributed by atoms with Gasteiger partial charge in [0.2, 0.25) is 10.0 Å². The van der Waals surface area contributed by atoms with Gasteiger partial charge in [0.05, 0.1) is 11.9 Å². The fourth-order valence-corrected chi connectivity index (χ4v) is 3.91. The van der Waals surface area contributed by atoms with E-state index in [0.717, 1.165) is 17.4 Å². The van der Waals surface area contributed by atoms with E-state index in [1.807, 2.05) is 23.6 Å². The second kappa shape index (κ2) is 8.83. The molecule has 0 spiro atoms. The van der Waals surface area contributed by atoms with Crippen LogP contribution in [-0.2, 0) is 16.4 Å². The smallest absolute Gasteiger partial charge is 0.257 e. The molecule has 1 aromatic heterocycles. The summed E-state index contributed by atoms with van der Waals surface area (Å²) in [6, 6.07) is 14.4. The van der Waals surface area contributed by atoms with Crippen LogP contribution in [0.25, 0.3) is 11.3 Å². The summed E-state index contributed by atoms with van der Waals surface area (Å²) >= 11 is 7.51. The summed E-state index contributed by atoms with van der Waals surface area (Å²) in [7, 11) is -3.20. The molecule has 146 valence electrons. The van der Waals surface area contributed by atoms with Gasteiger partial charge in [0.1, 0.15) is 0 Å². The quantitative estimate of drug-likeness (QED) is 0.590. The van der Waals surface area contributed by atoms with Gasteiger partial charge in [-0.15, -0.1) is 11.3 Å². The third kappa shape index (κ3) is 5.62. The number of nitrogens with one attached hydrogen (secondary N) is 2. The molecule has 6 nitrogen and oxygen atoms in total. The normalized spacial score (nSPS) is 11.4. The maximum absolute atomic E-state index is 12.4. The summed E-state index contributed by atoms with van der Waals surface area (Å²) in [6.45, 7) is 0.314. The van der Waals surface area contributed by atoms with Crippen molar-refractivity contribution in [2.24, 2.45) is 0 Å². The van der Waals surface area contributed by atoms with Gasteiger partial charge in [-0.05, 0) is 30.2 Å². The topological polar surface area (TPSA) is 88.2 Å². The molecule has 1 amide bonds. The van der Waals surface area contributed by atoms with E-state index in [1.165, 1.54) is 11.3 Å². The second-order valence-electron chi connectivity index (χ2n) is 6.09. The number of amides is 1. The third-order valence-electron chi connectivity index (χ3n) is 3.87. The molecule has 0 atom stereocenters. The Morgan fingerprint density at radius 3 is 2.54 bits per heavy atom. The molecule has 1 heterocycles. The number of carbonyl (C=O) groups is 1. The summed E-state index contributed by atoms with van der Waals surface area (Å²) in [4.78, 5) is 16.8. The van der Waals surface area contributed by atoms with Crippen molar-refractivity contribution >= 4 is 44.0 Å². The Kier molecular flexibility index (Phi) is 6.46. The minimum Gasteiger partial charge on any atom is -0.298 e. The molecule has 3 aromatic rings. The molecule has 2 N–H and O–H groups in total. The first-order valence-electron chi connectivity index (χ1n) is 8.37. The monoisotopic (exact) mass is 435 g/mol. The number of sulfonamides is 1. The Bertz CT molecular complexity index is 1080. The molecule has 0 radical (unpaired) electrons. The van der Waals surface area contributed by atoms with Crippen LogP contribution in [0.2, 0.25) is 5.02 Å². The van der Waals surface area contributed by atoms with Crippen LogP contribution < -0.4 is 10.0 Å². The van der Waals surface area contributed by atoms with Crippen molar-refractivity contribution in [2.45, 2.75) is 6.42 Å². The summed E-state index contributed by atoms with van der Waals surface area (Å²) < 4.78 is 24.6. The molecule has 0 bridgehead atoms. The maximum Gasteiger partial charge on any atom is 0.257 e. The van der Waals surface area contributed by atoms with Crippen LogP contribution in [-0.4, -0.2) is 32.1 Å². The molecular formula is C19H18ClN3O3S2. The maximum atomic E-state index is 12.4. The van der Waals surface area contributed by atoms with E-state index in [9.17, 15) is 13.2 Å². The average molecular weight is 436 g/mol. The largest absolute Gasteiger partial charge is 0.298 e. The predicted molar refractivity (Wildman–Crippen MR) is 114 cm³/mol. The Labute approximate surface area is 172 Å². The molecule has 0 fully saturated rings. The van der Waals surface area contributed by atoms with Gasteiger partial charge in [-0.1, -0.05) is 41.9 Å². The Morgan fingerprint density at radius 1 is 1.14 bits per heavy atom. The highest BCUT2D eigenvalue weighted by Gasteiger charge is 2.11. The molecule has 0 saturated carbocycles. The lowest BCUT2D eigenvalue weighted by Gasteiger charge is -2.05. The second-order valence-corrected chi connectivity index (χ2v) is 9.18. The fraction of sp³-hybridized carbons (Fsp3) is 0.158. The molecule has 0 saturated heterocycles. The SMILES string of the molecule is CS(=O)(=O)NCCc1ccc(C(=O)Nc2nc(-c3ccccc3Cl)cs2)cc1. The number of hydrogen-bond acceptors (Lipinski definition) is 5. The van der Waals surface area contributed by atoms with Crippen molar-refractivity contribution in [3.05, 3.63) is 70.1 Å². The molecule has 0 aliphatic rings. The van der Waals surface area contributed by atoms with E-state index in [-0.39, 0.29) is 5.91 Å². The number of halogens is 1. The zero-order chi connectivity index (χ0) is 20.1. The summed E-state index contributed by atoms with van der Waals surface area (Å²) in [5.74, 6) is -0.263. The van der Waals surface area contributed by atoms with E-state index in [2.05, 4.69) is 15.0 Å². The number of hydrogen-bond donors (Lipinski definition) is 2. The Hall–Kier alpha value is -2.26. The van der Waals surface area contributed by atoms with E-state index >= 15 is 0 Å². The first kappa shape index (κ1) is 20.5. The minimum absolute atomic E-state index is 0.263. The van der Waals surface area contributed by atoms with Gasteiger partial charge >= 0.3 is 0 Å². The summed E-state index contributed by atoms with van der Waals surface area (Å²) in [5.41, 5.74) is 2.95. The first-order valence-corrected chi connectivity index (χ1v) is 11.5. The lowest BCUT2D eigenvalue weighted by molar-refractivity contribution is 0.102. The molecule has 0 aliphatic heterocycles. The van der Waals surface area contributed by atoms with Crippen LogP contribution in [0.15, 0.2) is 53.9 Å². The van der Waals surface area contributed by atoms with Crippen molar-refractivity contribution in [2.75, 3.05) is 18.1 Å². The van der Waals surface area contributed by atoms with Crippen LogP contribution in [0.3, 0.4) is 0 Å². The van der Waals surface area contributed by atoms with E-state index < -0.39 is 10.0 Å². The zero-order valence-electron chi connectivity index (χ0n) is 15.0. The van der Waals surface area contributed by atoms with Gasteiger partial charge in [-0.3, -0.25) is 10.1 Å². The number of rotatable bonds is 7. The number of aromatic nitrogens is 1. The van der Waals surface area contributed by atoms with E-state index in [4.69, 9.17) is 11.6 Å². The van der Waals surface area contributed by atoms with Crippen LogP contribution in [0.4, 0.5) is 5.13 Å². The first-order chi connectivity index (χ1) is 13.3. The highest BCUT2D eigenvalue weighted by molar-refractivity contribution is 7.88. The van der Waals surface area contributed by atoms with Gasteiger partial charge in [0.25, 0.3) is 5.91 Å². The minimum atomic E-state index is -3.20. The molecule has 3 rings (SSSR count). The van der Waals surface area contributed by atoms with Crippen molar-refractivity contribution in [3.63, 3.8) is 0 Å². The average Bonchev–Trinajstić information content (AvgIpc) is 3.10. The number of anilines is 1. The molecular weight excluding hydrogens is 418 g/mol. The standard InChI is InChI=1S/C19H18ClN3O3S2/c1-28(25,26)21-11-10-13-6-8-14(9-7-13)18(24)23-19-22-17(12-27-19)15-4-2-3-5-16(15)20/h2-9,12,21H,10-11H2,1H3,(H,22,23,24). The highest BCUT2D eigenvalue weighted by Crippen LogP contribution is 2.30. The van der Waals surface area contributed by atoms with Gasteiger partial charge in [-0.25, -0.2) is 18.1 Å². The number of carbonyl (C=O) groups excluding carboxylic acids is 1. The number of thiazole rings is 1. The number of nitrogens with zero attached hydrogens (tertiary/aromatic N) is 1. The summed E-state index contributed by atoms with van der Waals surface area (Å²) in [6.07, 6.45) is 1.67. The van der Waals surface area contributed by atoms with Crippen LogP contribution in [0.5, 0.6) is 0 Å². The lowest BCUT2D eigenvalue weighted by Crippen LogP contribution is -2.24. The van der Waals surface area contributed by atoms with Gasteiger partial charge in [0.15, 0.2) is 5.13 Å². The fourth-order valence-electron chi connectivity index (χ4n) is 2.50.